The lowest BCUT2D eigenvalue weighted by Gasteiger charge is -2.38. The van der Waals surface area contributed by atoms with Crippen molar-refractivity contribution in [3.63, 3.8) is 0 Å². The Kier molecular flexibility index (Phi) is 3.61. The smallest absolute Gasteiger partial charge is 0.159 e. The molecule has 1 N–H and O–H groups in total. The van der Waals surface area contributed by atoms with Crippen molar-refractivity contribution in [1.82, 2.24) is 0 Å². The lowest BCUT2D eigenvalue weighted by Crippen LogP contribution is -2.29. The minimum Gasteiger partial charge on any atom is -0.378 e. The first kappa shape index (κ1) is 14.7. The van der Waals surface area contributed by atoms with E-state index < -0.39 is 0 Å². The second-order valence-corrected chi connectivity index (χ2v) is 7.21. The van der Waals surface area contributed by atoms with E-state index >= 15 is 0 Å². The molecule has 2 aromatic rings. The molecule has 1 heterocycles. The summed E-state index contributed by atoms with van der Waals surface area (Å²) >= 11 is 3.69. The number of carbonyl (C=O) groups excluding carboxylic acids is 1. The van der Waals surface area contributed by atoms with E-state index in [1.165, 1.54) is 11.1 Å². The lowest BCUT2D eigenvalue weighted by molar-refractivity contribution is 0.101. The molecule has 0 aromatic heterocycles. The molecule has 0 unspecified atom stereocenters. The summed E-state index contributed by atoms with van der Waals surface area (Å²) in [4.78, 5) is 11.7. The summed E-state index contributed by atoms with van der Waals surface area (Å²) in [6.07, 6.45) is 5.64. The Balaban J connectivity index is 1.81. The fourth-order valence-corrected chi connectivity index (χ4v) is 4.38. The minimum atomic E-state index is 0.124. The molecule has 2 aliphatic rings. The highest BCUT2D eigenvalue weighted by atomic mass is 79.9. The minimum absolute atomic E-state index is 0.124. The summed E-state index contributed by atoms with van der Waals surface area (Å²) in [5.41, 5.74) is 4.49. The van der Waals surface area contributed by atoms with Crippen LogP contribution in [0.2, 0.25) is 0 Å². The predicted molar refractivity (Wildman–Crippen MR) is 96.9 cm³/mol. The Hall–Kier alpha value is -1.87. The molecule has 4 rings (SSSR count). The van der Waals surface area contributed by atoms with Gasteiger partial charge in [0, 0.05) is 21.6 Å². The molecule has 0 saturated carbocycles. The second kappa shape index (κ2) is 5.64. The quantitative estimate of drug-likeness (QED) is 0.562. The summed E-state index contributed by atoms with van der Waals surface area (Å²) in [6, 6.07) is 14.7. The maximum atomic E-state index is 11.7. The van der Waals surface area contributed by atoms with Crippen molar-refractivity contribution >= 4 is 27.4 Å². The predicted octanol–water partition coefficient (Wildman–Crippen LogP) is 5.48. The van der Waals surface area contributed by atoms with Crippen molar-refractivity contribution in [3.05, 3.63) is 75.8 Å². The normalized spacial score (nSPS) is 24.7. The summed E-state index contributed by atoms with van der Waals surface area (Å²) in [5.74, 6) is 0.991. The first-order valence-corrected chi connectivity index (χ1v) is 8.77. The topological polar surface area (TPSA) is 29.1 Å². The van der Waals surface area contributed by atoms with Gasteiger partial charge in [-0.2, -0.15) is 0 Å². The third kappa shape index (κ3) is 2.43. The van der Waals surface area contributed by atoms with Crippen LogP contribution in [0.3, 0.4) is 0 Å². The van der Waals surface area contributed by atoms with Crippen LogP contribution in [-0.4, -0.2) is 5.78 Å². The van der Waals surface area contributed by atoms with Crippen LogP contribution < -0.4 is 5.32 Å². The third-order valence-corrected chi connectivity index (χ3v) is 5.73. The average molecular weight is 368 g/mol. The standard InChI is InChI=1S/C20H18BrNO/c1-12(23)13-9-10-19-17(11-13)14-6-4-7-15(14)20(22-19)16-5-2-3-8-18(16)21/h2-6,8-11,14-15,20,22H,7H2,1H3/t14-,15+,20-/m1/s1. The molecular weight excluding hydrogens is 350 g/mol. The Morgan fingerprint density at radius 2 is 2.00 bits per heavy atom. The van der Waals surface area contributed by atoms with Crippen LogP contribution in [0.5, 0.6) is 0 Å². The summed E-state index contributed by atoms with van der Waals surface area (Å²) < 4.78 is 1.15. The summed E-state index contributed by atoms with van der Waals surface area (Å²) in [5, 5.41) is 3.71. The van der Waals surface area contributed by atoms with Gasteiger partial charge in [0.1, 0.15) is 0 Å². The first-order chi connectivity index (χ1) is 11.1. The van der Waals surface area contributed by atoms with Crippen LogP contribution in [0, 0.1) is 5.92 Å². The molecule has 0 amide bonds. The van der Waals surface area contributed by atoms with E-state index in [2.05, 4.69) is 63.7 Å². The molecule has 3 atom stereocenters. The van der Waals surface area contributed by atoms with Crippen LogP contribution in [0.15, 0.2) is 59.1 Å². The molecule has 0 spiro atoms. The Labute approximate surface area is 144 Å². The van der Waals surface area contributed by atoms with E-state index in [4.69, 9.17) is 0 Å². The van der Waals surface area contributed by atoms with E-state index in [9.17, 15) is 4.79 Å². The lowest BCUT2D eigenvalue weighted by atomic mass is 9.76. The maximum Gasteiger partial charge on any atom is 0.159 e. The first-order valence-electron chi connectivity index (χ1n) is 7.97. The van der Waals surface area contributed by atoms with Crippen LogP contribution in [-0.2, 0) is 0 Å². The van der Waals surface area contributed by atoms with Gasteiger partial charge in [-0.3, -0.25) is 4.79 Å². The molecule has 1 aliphatic carbocycles. The monoisotopic (exact) mass is 367 g/mol. The molecule has 2 aromatic carbocycles. The zero-order valence-corrected chi connectivity index (χ0v) is 14.5. The molecule has 116 valence electrons. The highest BCUT2D eigenvalue weighted by molar-refractivity contribution is 9.10. The number of carbonyl (C=O) groups is 1. The number of hydrogen-bond acceptors (Lipinski definition) is 2. The van der Waals surface area contributed by atoms with E-state index in [1.807, 2.05) is 12.1 Å². The number of nitrogens with one attached hydrogen (secondary N) is 1. The van der Waals surface area contributed by atoms with Crippen LogP contribution in [0.4, 0.5) is 5.69 Å². The fraction of sp³-hybridized carbons (Fsp3) is 0.250. The van der Waals surface area contributed by atoms with Gasteiger partial charge in [-0.1, -0.05) is 46.3 Å². The van der Waals surface area contributed by atoms with Crippen molar-refractivity contribution < 1.29 is 4.79 Å². The molecule has 2 nitrogen and oxygen atoms in total. The highest BCUT2D eigenvalue weighted by Gasteiger charge is 2.38. The second-order valence-electron chi connectivity index (χ2n) is 6.36. The average Bonchev–Trinajstić information content (AvgIpc) is 3.04. The number of halogens is 1. The zero-order chi connectivity index (χ0) is 16.0. The number of ketones is 1. The number of anilines is 1. The van der Waals surface area contributed by atoms with Gasteiger partial charge in [0.25, 0.3) is 0 Å². The third-order valence-electron chi connectivity index (χ3n) is 5.01. The molecular formula is C20H18BrNO. The number of fused-ring (bicyclic) bond motifs is 3. The van der Waals surface area contributed by atoms with Gasteiger partial charge in [-0.05, 0) is 54.7 Å². The highest BCUT2D eigenvalue weighted by Crippen LogP contribution is 2.50. The van der Waals surface area contributed by atoms with E-state index in [-0.39, 0.29) is 11.8 Å². The zero-order valence-electron chi connectivity index (χ0n) is 12.9. The number of benzene rings is 2. The summed E-state index contributed by atoms with van der Waals surface area (Å²) in [7, 11) is 0. The maximum absolute atomic E-state index is 11.7. The molecule has 1 aliphatic heterocycles. The number of Topliss-reactive ketones (excluding diaryl/α,β-unsaturated/α-hetero) is 1. The molecule has 0 saturated heterocycles. The fourth-order valence-electron chi connectivity index (χ4n) is 3.85. The van der Waals surface area contributed by atoms with Crippen molar-refractivity contribution in [2.24, 2.45) is 5.92 Å². The molecule has 3 heteroatoms. The largest absolute Gasteiger partial charge is 0.378 e. The van der Waals surface area contributed by atoms with Crippen molar-refractivity contribution in [3.8, 4) is 0 Å². The molecule has 0 radical (unpaired) electrons. The SMILES string of the molecule is CC(=O)c1ccc2c(c1)[C@@H]1C=CC[C@@H]1[C@H](c1ccccc1Br)N2. The van der Waals surface area contributed by atoms with Gasteiger partial charge in [0.05, 0.1) is 6.04 Å². The van der Waals surface area contributed by atoms with Gasteiger partial charge in [0.2, 0.25) is 0 Å². The number of hydrogen-bond donors (Lipinski definition) is 1. The van der Waals surface area contributed by atoms with Crippen LogP contribution >= 0.6 is 15.9 Å². The van der Waals surface area contributed by atoms with Gasteiger partial charge in [0.15, 0.2) is 5.78 Å². The molecule has 0 bridgehead atoms. The van der Waals surface area contributed by atoms with Crippen LogP contribution in [0.1, 0.15) is 46.8 Å². The molecule has 0 fully saturated rings. The number of rotatable bonds is 2. The van der Waals surface area contributed by atoms with E-state index in [1.54, 1.807) is 6.92 Å². The Bertz CT molecular complexity index is 811. The van der Waals surface area contributed by atoms with Crippen molar-refractivity contribution in [1.29, 1.82) is 0 Å². The van der Waals surface area contributed by atoms with Crippen molar-refractivity contribution in [2.45, 2.75) is 25.3 Å². The Morgan fingerprint density at radius 1 is 1.17 bits per heavy atom. The van der Waals surface area contributed by atoms with Gasteiger partial charge < -0.3 is 5.32 Å². The van der Waals surface area contributed by atoms with Crippen LogP contribution in [0.25, 0.3) is 0 Å². The van der Waals surface area contributed by atoms with E-state index in [0.29, 0.717) is 11.8 Å². The van der Waals surface area contributed by atoms with Gasteiger partial charge >= 0.3 is 0 Å². The van der Waals surface area contributed by atoms with Gasteiger partial charge in [-0.15, -0.1) is 0 Å². The van der Waals surface area contributed by atoms with E-state index in [0.717, 1.165) is 22.1 Å². The number of allylic oxidation sites excluding steroid dienone is 2. The van der Waals surface area contributed by atoms with Gasteiger partial charge in [-0.25, -0.2) is 0 Å². The summed E-state index contributed by atoms with van der Waals surface area (Å²) in [6.45, 7) is 1.63. The Morgan fingerprint density at radius 3 is 2.78 bits per heavy atom. The molecule has 23 heavy (non-hydrogen) atoms. The van der Waals surface area contributed by atoms with Crippen molar-refractivity contribution in [2.75, 3.05) is 5.32 Å².